The number of ether oxygens (including phenoxy) is 1. The minimum Gasteiger partial charge on any atom is -0.473 e. The summed E-state index contributed by atoms with van der Waals surface area (Å²) in [7, 11) is 0. The van der Waals surface area contributed by atoms with Crippen molar-refractivity contribution in [2.75, 3.05) is 44.2 Å². The van der Waals surface area contributed by atoms with Gasteiger partial charge in [0.25, 0.3) is 0 Å². The SMILES string of the molecule is c1ncc(N2CCN(C3CCNC3)CC2)nc1OC1CCCCC1. The Morgan fingerprint density at radius 3 is 2.58 bits per heavy atom. The van der Waals surface area contributed by atoms with E-state index in [1.807, 2.05) is 6.20 Å². The highest BCUT2D eigenvalue weighted by Crippen LogP contribution is 2.23. The molecule has 1 aliphatic carbocycles. The first-order chi connectivity index (χ1) is 11.9. The van der Waals surface area contributed by atoms with Gasteiger partial charge in [-0.05, 0) is 38.6 Å². The molecule has 0 bridgehead atoms. The fraction of sp³-hybridized carbons (Fsp3) is 0.778. The Morgan fingerprint density at radius 1 is 1.00 bits per heavy atom. The number of rotatable bonds is 4. The number of aromatic nitrogens is 2. The molecule has 1 saturated carbocycles. The number of anilines is 1. The first kappa shape index (κ1) is 16.1. The average molecular weight is 331 g/mol. The molecule has 2 aliphatic heterocycles. The van der Waals surface area contributed by atoms with Crippen LogP contribution in [0.15, 0.2) is 12.4 Å². The molecule has 2 saturated heterocycles. The molecule has 24 heavy (non-hydrogen) atoms. The number of hydrogen-bond acceptors (Lipinski definition) is 6. The maximum absolute atomic E-state index is 6.07. The van der Waals surface area contributed by atoms with Crippen LogP contribution in [0.4, 0.5) is 5.82 Å². The van der Waals surface area contributed by atoms with Gasteiger partial charge < -0.3 is 15.0 Å². The Morgan fingerprint density at radius 2 is 1.83 bits per heavy atom. The van der Waals surface area contributed by atoms with Crippen molar-refractivity contribution in [1.82, 2.24) is 20.2 Å². The molecule has 3 aliphatic rings. The standard InChI is InChI=1S/C18H29N5O/c1-2-4-16(5-3-1)24-18-14-20-13-17(21-18)23-10-8-22(9-11-23)15-6-7-19-12-15/h13-16,19H,1-12H2. The highest BCUT2D eigenvalue weighted by atomic mass is 16.5. The zero-order chi connectivity index (χ0) is 16.2. The quantitative estimate of drug-likeness (QED) is 0.906. The van der Waals surface area contributed by atoms with Crippen LogP contribution in [-0.4, -0.2) is 66.3 Å². The van der Waals surface area contributed by atoms with Crippen LogP contribution in [0, 0.1) is 0 Å². The average Bonchev–Trinajstić information content (AvgIpc) is 3.18. The minimum absolute atomic E-state index is 0.329. The summed E-state index contributed by atoms with van der Waals surface area (Å²) in [5, 5.41) is 3.46. The summed E-state index contributed by atoms with van der Waals surface area (Å²) < 4.78 is 6.07. The van der Waals surface area contributed by atoms with Gasteiger partial charge in [0.15, 0.2) is 5.82 Å². The summed E-state index contributed by atoms with van der Waals surface area (Å²) in [6.07, 6.45) is 11.4. The van der Waals surface area contributed by atoms with E-state index in [0.717, 1.165) is 64.0 Å². The van der Waals surface area contributed by atoms with E-state index in [2.05, 4.69) is 20.1 Å². The van der Waals surface area contributed by atoms with Gasteiger partial charge in [-0.1, -0.05) is 6.42 Å². The van der Waals surface area contributed by atoms with Crippen molar-refractivity contribution >= 4 is 5.82 Å². The third-order valence-corrected chi connectivity index (χ3v) is 5.63. The van der Waals surface area contributed by atoms with Gasteiger partial charge in [0.2, 0.25) is 5.88 Å². The molecule has 1 aromatic rings. The van der Waals surface area contributed by atoms with Crippen molar-refractivity contribution in [2.24, 2.45) is 0 Å². The molecule has 0 spiro atoms. The molecule has 1 aromatic heterocycles. The van der Waals surface area contributed by atoms with E-state index in [4.69, 9.17) is 9.72 Å². The summed E-state index contributed by atoms with van der Waals surface area (Å²) in [4.78, 5) is 14.1. The summed E-state index contributed by atoms with van der Waals surface area (Å²) in [6.45, 7) is 6.58. The van der Waals surface area contributed by atoms with Crippen LogP contribution in [0.3, 0.4) is 0 Å². The first-order valence-corrected chi connectivity index (χ1v) is 9.57. The second-order valence-electron chi connectivity index (χ2n) is 7.26. The van der Waals surface area contributed by atoms with Gasteiger partial charge >= 0.3 is 0 Å². The minimum atomic E-state index is 0.329. The predicted molar refractivity (Wildman–Crippen MR) is 94.6 cm³/mol. The summed E-state index contributed by atoms with van der Waals surface area (Å²) in [6, 6.07) is 0.721. The normalized spacial score (nSPS) is 26.7. The van der Waals surface area contributed by atoms with Gasteiger partial charge in [-0.2, -0.15) is 4.98 Å². The van der Waals surface area contributed by atoms with Crippen LogP contribution in [0.5, 0.6) is 5.88 Å². The Hall–Kier alpha value is -1.40. The van der Waals surface area contributed by atoms with Crippen LogP contribution in [0.2, 0.25) is 0 Å². The maximum Gasteiger partial charge on any atom is 0.234 e. The molecule has 6 heteroatoms. The van der Waals surface area contributed by atoms with E-state index in [0.29, 0.717) is 12.0 Å². The molecule has 3 heterocycles. The van der Waals surface area contributed by atoms with Crippen LogP contribution < -0.4 is 15.0 Å². The second kappa shape index (κ2) is 7.66. The smallest absolute Gasteiger partial charge is 0.234 e. The lowest BCUT2D eigenvalue weighted by atomic mass is 9.98. The molecule has 1 N–H and O–H groups in total. The lowest BCUT2D eigenvalue weighted by Crippen LogP contribution is -2.51. The number of nitrogens with zero attached hydrogens (tertiary/aromatic N) is 4. The number of hydrogen-bond donors (Lipinski definition) is 1. The summed E-state index contributed by atoms with van der Waals surface area (Å²) in [5.74, 6) is 1.66. The van der Waals surface area contributed by atoms with Crippen LogP contribution in [0.1, 0.15) is 38.5 Å². The van der Waals surface area contributed by atoms with Crippen molar-refractivity contribution in [3.63, 3.8) is 0 Å². The van der Waals surface area contributed by atoms with Gasteiger partial charge in [0.05, 0.1) is 12.4 Å². The monoisotopic (exact) mass is 331 g/mol. The topological polar surface area (TPSA) is 53.5 Å². The van der Waals surface area contributed by atoms with Crippen LogP contribution in [-0.2, 0) is 0 Å². The number of piperazine rings is 1. The van der Waals surface area contributed by atoms with Gasteiger partial charge in [-0.3, -0.25) is 9.88 Å². The predicted octanol–water partition coefficient (Wildman–Crippen LogP) is 1.67. The van der Waals surface area contributed by atoms with Crippen molar-refractivity contribution in [3.8, 4) is 5.88 Å². The zero-order valence-corrected chi connectivity index (χ0v) is 14.5. The molecule has 6 nitrogen and oxygen atoms in total. The van der Waals surface area contributed by atoms with Crippen LogP contribution in [0.25, 0.3) is 0 Å². The molecular formula is C18H29N5O. The molecular weight excluding hydrogens is 302 g/mol. The molecule has 4 rings (SSSR count). The van der Waals surface area contributed by atoms with E-state index >= 15 is 0 Å². The number of nitrogens with one attached hydrogen (secondary N) is 1. The van der Waals surface area contributed by atoms with E-state index in [9.17, 15) is 0 Å². The zero-order valence-electron chi connectivity index (χ0n) is 14.5. The summed E-state index contributed by atoms with van der Waals surface area (Å²) in [5.41, 5.74) is 0. The molecule has 0 aromatic carbocycles. The van der Waals surface area contributed by atoms with E-state index < -0.39 is 0 Å². The second-order valence-corrected chi connectivity index (χ2v) is 7.26. The molecule has 1 unspecified atom stereocenters. The molecule has 0 radical (unpaired) electrons. The van der Waals surface area contributed by atoms with Gasteiger partial charge in [0.1, 0.15) is 6.10 Å². The van der Waals surface area contributed by atoms with Crippen molar-refractivity contribution in [1.29, 1.82) is 0 Å². The molecule has 1 atom stereocenters. The van der Waals surface area contributed by atoms with Gasteiger partial charge in [0, 0.05) is 38.8 Å². The van der Waals surface area contributed by atoms with Crippen molar-refractivity contribution in [3.05, 3.63) is 12.4 Å². The Labute approximate surface area is 144 Å². The largest absolute Gasteiger partial charge is 0.473 e. The molecule has 3 fully saturated rings. The van der Waals surface area contributed by atoms with Crippen molar-refractivity contribution < 1.29 is 4.74 Å². The Kier molecular flexibility index (Phi) is 5.13. The fourth-order valence-electron chi connectivity index (χ4n) is 4.17. The third kappa shape index (κ3) is 3.81. The Balaban J connectivity index is 1.33. The van der Waals surface area contributed by atoms with Crippen LogP contribution >= 0.6 is 0 Å². The van der Waals surface area contributed by atoms with E-state index in [1.54, 1.807) is 6.20 Å². The lowest BCUT2D eigenvalue weighted by molar-refractivity contribution is 0.148. The highest BCUT2D eigenvalue weighted by molar-refractivity contribution is 5.38. The highest BCUT2D eigenvalue weighted by Gasteiger charge is 2.26. The van der Waals surface area contributed by atoms with Crippen molar-refractivity contribution in [2.45, 2.75) is 50.7 Å². The van der Waals surface area contributed by atoms with Gasteiger partial charge in [-0.15, -0.1) is 0 Å². The lowest BCUT2D eigenvalue weighted by Gasteiger charge is -2.38. The Bertz CT molecular complexity index is 520. The maximum atomic E-state index is 6.07. The summed E-state index contributed by atoms with van der Waals surface area (Å²) >= 11 is 0. The molecule has 0 amide bonds. The first-order valence-electron chi connectivity index (χ1n) is 9.57. The third-order valence-electron chi connectivity index (χ3n) is 5.63. The molecule has 132 valence electrons. The van der Waals surface area contributed by atoms with Gasteiger partial charge in [-0.25, -0.2) is 0 Å². The fourth-order valence-corrected chi connectivity index (χ4v) is 4.17. The van der Waals surface area contributed by atoms with E-state index in [1.165, 1.54) is 25.7 Å². The van der Waals surface area contributed by atoms with E-state index in [-0.39, 0.29) is 0 Å².